The van der Waals surface area contributed by atoms with Crippen molar-refractivity contribution in [1.82, 2.24) is 10.6 Å². The quantitative estimate of drug-likeness (QED) is 0.403. The molecule has 0 spiro atoms. The molecule has 0 fully saturated rings. The first kappa shape index (κ1) is 9.49. The summed E-state index contributed by atoms with van der Waals surface area (Å²) in [5.74, 6) is -0.111. The molecule has 4 heteroatoms. The maximum Gasteiger partial charge on any atom is 0.245 e. The van der Waals surface area contributed by atoms with Gasteiger partial charge in [-0.25, -0.2) is 0 Å². The van der Waals surface area contributed by atoms with E-state index in [1.54, 1.807) is 13.2 Å². The molecule has 0 heterocycles. The number of rotatable bonds is 3. The van der Waals surface area contributed by atoms with Crippen molar-refractivity contribution in [1.29, 1.82) is 0 Å². The first-order valence-electron chi connectivity index (χ1n) is 2.95. The molecule has 0 aromatic heterocycles. The Hall–Kier alpha value is -0.510. The number of hydrogen-bond donors (Lipinski definition) is 2. The number of likely N-dealkylation sites (N-methyl/N-ethyl adjacent to an activating group) is 1. The molecule has 0 rings (SSSR count). The first-order chi connectivity index (χ1) is 4.66. The Morgan fingerprint density at radius 2 is 2.30 bits per heavy atom. The largest absolute Gasteiger partial charge is 0.379 e. The van der Waals surface area contributed by atoms with Gasteiger partial charge in [0.15, 0.2) is 0 Å². The van der Waals surface area contributed by atoms with E-state index in [9.17, 15) is 4.79 Å². The maximum atomic E-state index is 10.5. The number of alkyl halides is 1. The summed E-state index contributed by atoms with van der Waals surface area (Å²) in [5, 5.41) is 5.34. The SMILES string of the molecule is CNC(=O)/C=C\NC(C)Br. The fourth-order valence-corrected chi connectivity index (χ4v) is 0.492. The summed E-state index contributed by atoms with van der Waals surface area (Å²) in [6.45, 7) is 1.92. The van der Waals surface area contributed by atoms with Gasteiger partial charge in [0.25, 0.3) is 0 Å². The number of nitrogens with one attached hydrogen (secondary N) is 2. The van der Waals surface area contributed by atoms with Crippen molar-refractivity contribution >= 4 is 21.8 Å². The van der Waals surface area contributed by atoms with Gasteiger partial charge in [-0.1, -0.05) is 15.9 Å². The number of carbonyl (C=O) groups is 1. The molecular formula is C6H11BrN2O. The van der Waals surface area contributed by atoms with Gasteiger partial charge in [0, 0.05) is 19.3 Å². The summed E-state index contributed by atoms with van der Waals surface area (Å²) in [4.78, 5) is 10.7. The lowest BCUT2D eigenvalue weighted by Crippen LogP contribution is -2.17. The molecule has 0 aromatic carbocycles. The lowest BCUT2D eigenvalue weighted by Gasteiger charge is -1.99. The standard InChI is InChI=1S/C6H11BrN2O/c1-5(7)9-4-3-6(10)8-2/h3-5,9H,1-2H3,(H,8,10)/b4-3-. The molecule has 10 heavy (non-hydrogen) atoms. The van der Waals surface area contributed by atoms with Crippen molar-refractivity contribution in [3.8, 4) is 0 Å². The van der Waals surface area contributed by atoms with Crippen LogP contribution in [0.5, 0.6) is 0 Å². The second kappa shape index (κ2) is 5.29. The third kappa shape index (κ3) is 5.62. The highest BCUT2D eigenvalue weighted by Crippen LogP contribution is 1.89. The fraction of sp³-hybridized carbons (Fsp3) is 0.500. The molecule has 1 amide bonds. The van der Waals surface area contributed by atoms with E-state index in [1.165, 1.54) is 6.08 Å². The highest BCUT2D eigenvalue weighted by atomic mass is 79.9. The van der Waals surface area contributed by atoms with Gasteiger partial charge in [0.2, 0.25) is 5.91 Å². The Kier molecular flexibility index (Phi) is 5.02. The number of hydrogen-bond acceptors (Lipinski definition) is 2. The van der Waals surface area contributed by atoms with Crippen LogP contribution < -0.4 is 10.6 Å². The van der Waals surface area contributed by atoms with E-state index in [2.05, 4.69) is 26.6 Å². The van der Waals surface area contributed by atoms with Crippen LogP contribution in [0.1, 0.15) is 6.92 Å². The van der Waals surface area contributed by atoms with Crippen molar-refractivity contribution < 1.29 is 4.79 Å². The van der Waals surface area contributed by atoms with Crippen molar-refractivity contribution in [2.75, 3.05) is 7.05 Å². The van der Waals surface area contributed by atoms with Crippen LogP contribution in [0.25, 0.3) is 0 Å². The summed E-state index contributed by atoms with van der Waals surface area (Å²) in [5.41, 5.74) is 0. The van der Waals surface area contributed by atoms with E-state index in [0.29, 0.717) is 0 Å². The summed E-state index contributed by atoms with van der Waals surface area (Å²) < 4.78 is 0. The molecule has 0 saturated carbocycles. The molecule has 0 aliphatic carbocycles. The van der Waals surface area contributed by atoms with E-state index in [4.69, 9.17) is 0 Å². The van der Waals surface area contributed by atoms with E-state index in [-0.39, 0.29) is 10.9 Å². The zero-order chi connectivity index (χ0) is 7.98. The molecule has 0 aliphatic rings. The van der Waals surface area contributed by atoms with Crippen molar-refractivity contribution in [2.24, 2.45) is 0 Å². The van der Waals surface area contributed by atoms with Crippen LogP contribution in [0, 0.1) is 0 Å². The molecule has 58 valence electrons. The van der Waals surface area contributed by atoms with Gasteiger partial charge < -0.3 is 10.6 Å². The van der Waals surface area contributed by atoms with E-state index in [1.807, 2.05) is 6.92 Å². The highest BCUT2D eigenvalue weighted by molar-refractivity contribution is 9.09. The predicted octanol–water partition coefficient (Wildman–Crippen LogP) is 0.577. The monoisotopic (exact) mass is 206 g/mol. The van der Waals surface area contributed by atoms with Gasteiger partial charge in [-0.2, -0.15) is 0 Å². The molecule has 0 bridgehead atoms. The summed E-state index contributed by atoms with van der Waals surface area (Å²) in [6, 6.07) is 0. The average molecular weight is 207 g/mol. The molecule has 0 radical (unpaired) electrons. The number of amides is 1. The van der Waals surface area contributed by atoms with Gasteiger partial charge in [-0.3, -0.25) is 4.79 Å². The average Bonchev–Trinajstić information content (AvgIpc) is 1.87. The molecule has 2 N–H and O–H groups in total. The zero-order valence-electron chi connectivity index (χ0n) is 6.02. The summed E-state index contributed by atoms with van der Waals surface area (Å²) >= 11 is 3.25. The maximum absolute atomic E-state index is 10.5. The summed E-state index contributed by atoms with van der Waals surface area (Å²) in [6.07, 6.45) is 3.02. The molecular weight excluding hydrogens is 196 g/mol. The number of halogens is 1. The normalized spacial score (nSPS) is 13.1. The molecule has 1 atom stereocenters. The Labute approximate surface area is 69.0 Å². The Morgan fingerprint density at radius 1 is 1.70 bits per heavy atom. The Morgan fingerprint density at radius 3 is 2.70 bits per heavy atom. The fourth-order valence-electron chi connectivity index (χ4n) is 0.340. The minimum Gasteiger partial charge on any atom is -0.379 e. The van der Waals surface area contributed by atoms with Gasteiger partial charge in [0.1, 0.15) is 0 Å². The predicted molar refractivity (Wildman–Crippen MR) is 44.7 cm³/mol. The summed E-state index contributed by atoms with van der Waals surface area (Å²) in [7, 11) is 1.59. The number of carbonyl (C=O) groups excluding carboxylic acids is 1. The minimum absolute atomic E-state index is 0.111. The van der Waals surface area contributed by atoms with Gasteiger partial charge in [-0.05, 0) is 6.92 Å². The molecule has 3 nitrogen and oxygen atoms in total. The molecule has 0 aliphatic heterocycles. The second-order valence-electron chi connectivity index (χ2n) is 1.73. The smallest absolute Gasteiger partial charge is 0.245 e. The van der Waals surface area contributed by atoms with E-state index < -0.39 is 0 Å². The van der Waals surface area contributed by atoms with Gasteiger partial charge in [0.05, 0.1) is 4.95 Å². The van der Waals surface area contributed by atoms with Crippen LogP contribution in [-0.4, -0.2) is 17.9 Å². The highest BCUT2D eigenvalue weighted by Gasteiger charge is 1.88. The second-order valence-corrected chi connectivity index (χ2v) is 3.10. The Balaban J connectivity index is 3.46. The van der Waals surface area contributed by atoms with E-state index in [0.717, 1.165) is 0 Å². The van der Waals surface area contributed by atoms with E-state index >= 15 is 0 Å². The zero-order valence-corrected chi connectivity index (χ0v) is 7.60. The van der Waals surface area contributed by atoms with Crippen LogP contribution in [0.15, 0.2) is 12.3 Å². The van der Waals surface area contributed by atoms with Crippen LogP contribution in [-0.2, 0) is 4.79 Å². The first-order valence-corrected chi connectivity index (χ1v) is 3.86. The molecule has 1 unspecified atom stereocenters. The van der Waals surface area contributed by atoms with Crippen LogP contribution >= 0.6 is 15.9 Å². The van der Waals surface area contributed by atoms with Crippen molar-refractivity contribution in [2.45, 2.75) is 11.9 Å². The topological polar surface area (TPSA) is 41.1 Å². The molecule has 0 saturated heterocycles. The third-order valence-corrected chi connectivity index (χ3v) is 1.07. The lowest BCUT2D eigenvalue weighted by molar-refractivity contribution is -0.116. The van der Waals surface area contributed by atoms with Gasteiger partial charge >= 0.3 is 0 Å². The van der Waals surface area contributed by atoms with Crippen LogP contribution in [0.3, 0.4) is 0 Å². The van der Waals surface area contributed by atoms with Crippen LogP contribution in [0.2, 0.25) is 0 Å². The van der Waals surface area contributed by atoms with Crippen LogP contribution in [0.4, 0.5) is 0 Å². The lowest BCUT2D eigenvalue weighted by atomic mass is 10.5. The van der Waals surface area contributed by atoms with Gasteiger partial charge in [-0.15, -0.1) is 0 Å². The van der Waals surface area contributed by atoms with Crippen molar-refractivity contribution in [3.63, 3.8) is 0 Å². The molecule has 0 aromatic rings. The van der Waals surface area contributed by atoms with Crippen molar-refractivity contribution in [3.05, 3.63) is 12.3 Å². The minimum atomic E-state index is -0.111. The third-order valence-electron chi connectivity index (χ3n) is 0.807. The Bertz CT molecular complexity index is 134.